The Labute approximate surface area is 106 Å². The van der Waals surface area contributed by atoms with Crippen LogP contribution in [0.25, 0.3) is 0 Å². The summed E-state index contributed by atoms with van der Waals surface area (Å²) in [6.45, 7) is 5.59. The van der Waals surface area contributed by atoms with Crippen LogP contribution in [0.5, 0.6) is 5.75 Å². The third-order valence-corrected chi connectivity index (χ3v) is 3.71. The van der Waals surface area contributed by atoms with Crippen molar-refractivity contribution in [2.45, 2.75) is 39.4 Å². The van der Waals surface area contributed by atoms with Crippen molar-refractivity contribution in [3.05, 3.63) is 33.9 Å². The Bertz CT molecular complexity index is 484. The van der Waals surface area contributed by atoms with Crippen molar-refractivity contribution in [2.24, 2.45) is 5.41 Å². The minimum atomic E-state index is -0.440. The molecular formula is C13H17NO4. The highest BCUT2D eigenvalue weighted by atomic mass is 16.6. The molecule has 0 aliphatic heterocycles. The molecule has 2 atom stereocenters. The Hall–Kier alpha value is -1.62. The molecule has 18 heavy (non-hydrogen) atoms. The van der Waals surface area contributed by atoms with E-state index < -0.39 is 11.0 Å². The molecule has 1 aromatic carbocycles. The molecule has 1 aromatic rings. The van der Waals surface area contributed by atoms with Crippen molar-refractivity contribution < 1.29 is 14.8 Å². The molecule has 0 aromatic heterocycles. The van der Waals surface area contributed by atoms with E-state index in [0.29, 0.717) is 6.42 Å². The molecule has 2 unspecified atom stereocenters. The highest BCUT2D eigenvalue weighted by Gasteiger charge is 2.49. The van der Waals surface area contributed by atoms with E-state index in [1.165, 1.54) is 6.07 Å². The average Bonchev–Trinajstić information content (AvgIpc) is 2.30. The summed E-state index contributed by atoms with van der Waals surface area (Å²) in [6.07, 6.45) is -0.0844. The topological polar surface area (TPSA) is 72.6 Å². The fraction of sp³-hybridized carbons (Fsp3) is 0.538. The van der Waals surface area contributed by atoms with Crippen LogP contribution in [-0.2, 0) is 0 Å². The first-order valence-corrected chi connectivity index (χ1v) is 5.92. The van der Waals surface area contributed by atoms with Crippen molar-refractivity contribution in [2.75, 3.05) is 0 Å². The number of nitro groups is 1. The second-order valence-electron chi connectivity index (χ2n) is 5.41. The summed E-state index contributed by atoms with van der Waals surface area (Å²) in [5.41, 5.74) is 0.438. The van der Waals surface area contributed by atoms with Crippen LogP contribution in [0.3, 0.4) is 0 Å². The first-order chi connectivity index (χ1) is 8.32. The summed E-state index contributed by atoms with van der Waals surface area (Å²) in [5, 5.41) is 20.6. The van der Waals surface area contributed by atoms with E-state index in [0.717, 1.165) is 5.56 Å². The van der Waals surface area contributed by atoms with E-state index in [-0.39, 0.29) is 23.0 Å². The maximum absolute atomic E-state index is 11.0. The second kappa shape index (κ2) is 4.24. The lowest BCUT2D eigenvalue weighted by Gasteiger charge is -2.48. The highest BCUT2D eigenvalue weighted by molar-refractivity contribution is 5.48. The van der Waals surface area contributed by atoms with Crippen LogP contribution < -0.4 is 4.74 Å². The molecule has 0 bridgehead atoms. The average molecular weight is 251 g/mol. The van der Waals surface area contributed by atoms with Crippen LogP contribution in [0.2, 0.25) is 0 Å². The van der Waals surface area contributed by atoms with Crippen LogP contribution in [-0.4, -0.2) is 22.2 Å². The second-order valence-corrected chi connectivity index (χ2v) is 5.41. The van der Waals surface area contributed by atoms with E-state index in [1.807, 2.05) is 13.8 Å². The summed E-state index contributed by atoms with van der Waals surface area (Å²) in [6, 6.07) is 4.90. The quantitative estimate of drug-likeness (QED) is 0.661. The summed E-state index contributed by atoms with van der Waals surface area (Å²) < 4.78 is 5.68. The Morgan fingerprint density at radius 2 is 2.17 bits per heavy atom. The van der Waals surface area contributed by atoms with Crippen LogP contribution in [0.1, 0.15) is 25.8 Å². The van der Waals surface area contributed by atoms with Crippen LogP contribution in [0, 0.1) is 22.5 Å². The lowest BCUT2D eigenvalue weighted by Crippen LogP contribution is -2.56. The number of rotatable bonds is 3. The molecule has 1 saturated carbocycles. The van der Waals surface area contributed by atoms with Gasteiger partial charge in [0.1, 0.15) is 6.10 Å². The first kappa shape index (κ1) is 12.8. The molecule has 98 valence electrons. The lowest BCUT2D eigenvalue weighted by molar-refractivity contribution is -0.386. The van der Waals surface area contributed by atoms with Gasteiger partial charge in [-0.3, -0.25) is 10.1 Å². The zero-order valence-corrected chi connectivity index (χ0v) is 10.7. The minimum Gasteiger partial charge on any atom is -0.483 e. The number of aliphatic hydroxyl groups is 1. The van der Waals surface area contributed by atoms with Crippen molar-refractivity contribution >= 4 is 5.69 Å². The molecule has 5 nitrogen and oxygen atoms in total. The molecule has 1 N–H and O–H groups in total. The maximum atomic E-state index is 11.0. The lowest BCUT2D eigenvalue weighted by atomic mass is 9.66. The molecule has 1 aliphatic carbocycles. The Morgan fingerprint density at radius 1 is 1.50 bits per heavy atom. The molecule has 0 amide bonds. The highest BCUT2D eigenvalue weighted by Crippen LogP contribution is 2.44. The van der Waals surface area contributed by atoms with Gasteiger partial charge in [-0.1, -0.05) is 19.9 Å². The number of nitrogens with zero attached hydrogens (tertiary/aromatic N) is 1. The smallest absolute Gasteiger partial charge is 0.311 e. The molecule has 0 radical (unpaired) electrons. The van der Waals surface area contributed by atoms with Gasteiger partial charge in [0.15, 0.2) is 5.75 Å². The number of ether oxygens (including phenoxy) is 1. The van der Waals surface area contributed by atoms with Gasteiger partial charge >= 0.3 is 5.69 Å². The minimum absolute atomic E-state index is 0.0211. The van der Waals surface area contributed by atoms with Gasteiger partial charge in [-0.15, -0.1) is 0 Å². The summed E-state index contributed by atoms with van der Waals surface area (Å²) in [7, 11) is 0. The number of aryl methyl sites for hydroxylation is 1. The summed E-state index contributed by atoms with van der Waals surface area (Å²) in [5.74, 6) is 0.274. The van der Waals surface area contributed by atoms with Crippen LogP contribution in [0.4, 0.5) is 5.69 Å². The summed E-state index contributed by atoms with van der Waals surface area (Å²) in [4.78, 5) is 10.5. The van der Waals surface area contributed by atoms with E-state index >= 15 is 0 Å². The molecule has 0 heterocycles. The molecule has 2 rings (SSSR count). The van der Waals surface area contributed by atoms with Gasteiger partial charge in [0.2, 0.25) is 0 Å². The number of hydrogen-bond acceptors (Lipinski definition) is 4. The van der Waals surface area contributed by atoms with E-state index in [9.17, 15) is 15.2 Å². The van der Waals surface area contributed by atoms with E-state index in [4.69, 9.17) is 4.74 Å². The van der Waals surface area contributed by atoms with Gasteiger partial charge in [-0.25, -0.2) is 0 Å². The standard InChI is InChI=1S/C13H17NO4/c1-8-4-5-10(9(6-8)14(16)17)18-12-7-11(15)13(12,2)3/h4-6,11-12,15H,7H2,1-3H3. The third-order valence-electron chi connectivity index (χ3n) is 3.71. The molecule has 0 spiro atoms. The van der Waals surface area contributed by atoms with E-state index in [2.05, 4.69) is 0 Å². The van der Waals surface area contributed by atoms with Gasteiger partial charge in [-0.2, -0.15) is 0 Å². The van der Waals surface area contributed by atoms with E-state index in [1.54, 1.807) is 19.1 Å². The number of hydrogen-bond donors (Lipinski definition) is 1. The van der Waals surface area contributed by atoms with Crippen molar-refractivity contribution in [3.8, 4) is 5.75 Å². The van der Waals surface area contributed by atoms with Gasteiger partial charge in [-0.05, 0) is 18.6 Å². The zero-order valence-electron chi connectivity index (χ0n) is 10.7. The van der Waals surface area contributed by atoms with Crippen molar-refractivity contribution in [1.29, 1.82) is 0 Å². The predicted molar refractivity (Wildman–Crippen MR) is 66.7 cm³/mol. The fourth-order valence-corrected chi connectivity index (χ4v) is 2.09. The van der Waals surface area contributed by atoms with Gasteiger partial charge in [0.25, 0.3) is 0 Å². The SMILES string of the molecule is Cc1ccc(OC2CC(O)C2(C)C)c([N+](=O)[O-])c1. The Balaban J connectivity index is 2.23. The number of aliphatic hydroxyl groups excluding tert-OH is 1. The predicted octanol–water partition coefficient (Wildman–Crippen LogP) is 2.44. The maximum Gasteiger partial charge on any atom is 0.311 e. The fourth-order valence-electron chi connectivity index (χ4n) is 2.09. The monoisotopic (exact) mass is 251 g/mol. The molecule has 5 heteroatoms. The third kappa shape index (κ3) is 2.06. The zero-order chi connectivity index (χ0) is 13.5. The Morgan fingerprint density at radius 3 is 2.67 bits per heavy atom. The number of nitro benzene ring substituents is 1. The van der Waals surface area contributed by atoms with Gasteiger partial charge in [0, 0.05) is 17.9 Å². The molecular weight excluding hydrogens is 234 g/mol. The van der Waals surface area contributed by atoms with Gasteiger partial charge in [0.05, 0.1) is 11.0 Å². The normalized spacial score (nSPS) is 25.3. The Kier molecular flexibility index (Phi) is 3.02. The summed E-state index contributed by atoms with van der Waals surface area (Å²) >= 11 is 0. The first-order valence-electron chi connectivity index (χ1n) is 5.92. The largest absolute Gasteiger partial charge is 0.483 e. The van der Waals surface area contributed by atoms with Crippen molar-refractivity contribution in [1.82, 2.24) is 0 Å². The van der Waals surface area contributed by atoms with Crippen LogP contribution in [0.15, 0.2) is 18.2 Å². The molecule has 0 saturated heterocycles. The van der Waals surface area contributed by atoms with Crippen molar-refractivity contribution in [3.63, 3.8) is 0 Å². The van der Waals surface area contributed by atoms with Gasteiger partial charge < -0.3 is 9.84 Å². The molecule has 1 aliphatic rings. The van der Waals surface area contributed by atoms with Crippen LogP contribution >= 0.6 is 0 Å². The number of benzene rings is 1. The molecule has 1 fully saturated rings.